The molecule has 4 aromatic rings. The second-order valence-corrected chi connectivity index (χ2v) is 7.83. The van der Waals surface area contributed by atoms with E-state index in [-0.39, 0.29) is 30.0 Å². The number of hydrogen-bond acceptors (Lipinski definition) is 7. The van der Waals surface area contributed by atoms with Crippen LogP contribution in [0.15, 0.2) is 54.7 Å². The van der Waals surface area contributed by atoms with E-state index in [9.17, 15) is 14.0 Å². The number of aromatic nitrogens is 5. The molecule has 0 saturated carbocycles. The first-order chi connectivity index (χ1) is 16.4. The minimum Gasteiger partial charge on any atom is -0.465 e. The molecular weight excluding hydrogens is 439 g/mol. The maximum Gasteiger partial charge on any atom is 0.337 e. The van der Waals surface area contributed by atoms with Crippen LogP contribution in [0, 0.1) is 12.7 Å². The van der Waals surface area contributed by atoms with E-state index in [0.717, 1.165) is 11.1 Å². The molecule has 0 radical (unpaired) electrons. The number of anilines is 1. The van der Waals surface area contributed by atoms with E-state index < -0.39 is 5.97 Å². The maximum absolute atomic E-state index is 13.3. The van der Waals surface area contributed by atoms with Gasteiger partial charge in [-0.05, 0) is 48.9 Å². The third-order valence-corrected chi connectivity index (χ3v) is 5.71. The van der Waals surface area contributed by atoms with Crippen LogP contribution in [0.5, 0.6) is 0 Å². The van der Waals surface area contributed by atoms with Gasteiger partial charge in [-0.25, -0.2) is 14.2 Å². The zero-order chi connectivity index (χ0) is 23.8. The summed E-state index contributed by atoms with van der Waals surface area (Å²) in [6, 6.07) is 12.8. The number of nitrogens with one attached hydrogen (secondary N) is 1. The van der Waals surface area contributed by atoms with Gasteiger partial charge in [0, 0.05) is 23.5 Å². The highest BCUT2D eigenvalue weighted by atomic mass is 19.1. The summed E-state index contributed by atoms with van der Waals surface area (Å²) in [6.45, 7) is 1.85. The van der Waals surface area contributed by atoms with Crippen molar-refractivity contribution in [3.63, 3.8) is 0 Å². The Kier molecular flexibility index (Phi) is 5.33. The third kappa shape index (κ3) is 3.79. The van der Waals surface area contributed by atoms with E-state index in [1.807, 2.05) is 19.1 Å². The van der Waals surface area contributed by atoms with Crippen molar-refractivity contribution in [2.24, 2.45) is 0 Å². The molecule has 2 aromatic carbocycles. The Bertz CT molecular complexity index is 1400. The van der Waals surface area contributed by atoms with E-state index in [0.29, 0.717) is 28.3 Å². The molecular formula is C24H19FN6O3. The highest BCUT2D eigenvalue weighted by Crippen LogP contribution is 2.40. The number of fused-ring (bicyclic) bond motifs is 1. The fourth-order valence-corrected chi connectivity index (χ4v) is 4.09. The smallest absolute Gasteiger partial charge is 0.337 e. The van der Waals surface area contributed by atoms with Gasteiger partial charge in [0.05, 0.1) is 30.3 Å². The van der Waals surface area contributed by atoms with Gasteiger partial charge >= 0.3 is 5.97 Å². The number of ether oxygens (including phenoxy) is 1. The van der Waals surface area contributed by atoms with Crippen LogP contribution in [0.25, 0.3) is 17.2 Å². The number of nitrogens with zero attached hydrogens (tertiary/aromatic N) is 5. The van der Waals surface area contributed by atoms with Gasteiger partial charge < -0.3 is 10.1 Å². The number of methoxy groups -OCH3 is 1. The highest BCUT2D eigenvalue weighted by Gasteiger charge is 2.33. The summed E-state index contributed by atoms with van der Waals surface area (Å²) >= 11 is 0. The monoisotopic (exact) mass is 458 g/mol. The summed E-state index contributed by atoms with van der Waals surface area (Å²) in [5, 5.41) is 15.6. The molecule has 34 heavy (non-hydrogen) atoms. The number of rotatable bonds is 4. The number of halogens is 1. The van der Waals surface area contributed by atoms with Crippen LogP contribution in [0.3, 0.4) is 0 Å². The van der Waals surface area contributed by atoms with Crippen LogP contribution in [0.1, 0.15) is 39.5 Å². The molecule has 1 N–H and O–H groups in total. The largest absolute Gasteiger partial charge is 0.465 e. The van der Waals surface area contributed by atoms with Crippen LogP contribution < -0.4 is 5.32 Å². The van der Waals surface area contributed by atoms with Crippen LogP contribution in [-0.4, -0.2) is 43.9 Å². The molecule has 1 aliphatic heterocycles. The van der Waals surface area contributed by atoms with Gasteiger partial charge in [-0.1, -0.05) is 12.1 Å². The molecule has 5 rings (SSSR count). The molecule has 0 fully saturated rings. The van der Waals surface area contributed by atoms with Crippen molar-refractivity contribution in [2.75, 3.05) is 12.4 Å². The predicted octanol–water partition coefficient (Wildman–Crippen LogP) is 3.43. The maximum atomic E-state index is 13.3. The molecule has 0 spiro atoms. The molecule has 1 atom stereocenters. The van der Waals surface area contributed by atoms with Gasteiger partial charge in [0.1, 0.15) is 11.6 Å². The van der Waals surface area contributed by atoms with Crippen molar-refractivity contribution in [1.82, 2.24) is 25.0 Å². The van der Waals surface area contributed by atoms with Crippen molar-refractivity contribution in [2.45, 2.75) is 19.3 Å². The summed E-state index contributed by atoms with van der Waals surface area (Å²) in [5.41, 5.74) is 3.99. The Morgan fingerprint density at radius 1 is 1.15 bits per heavy atom. The Hall–Kier alpha value is -4.47. The van der Waals surface area contributed by atoms with Crippen molar-refractivity contribution in [3.05, 3.63) is 82.9 Å². The molecule has 1 amide bonds. The van der Waals surface area contributed by atoms with E-state index >= 15 is 0 Å². The summed E-state index contributed by atoms with van der Waals surface area (Å²) in [6.07, 6.45) is 1.70. The molecule has 0 aliphatic carbocycles. The van der Waals surface area contributed by atoms with Crippen LogP contribution in [-0.2, 0) is 9.53 Å². The molecule has 0 bridgehead atoms. The second kappa shape index (κ2) is 8.47. The first-order valence-corrected chi connectivity index (χ1v) is 10.5. The predicted molar refractivity (Wildman–Crippen MR) is 120 cm³/mol. The minimum atomic E-state index is -0.427. The van der Waals surface area contributed by atoms with Gasteiger partial charge in [-0.2, -0.15) is 14.9 Å². The average molecular weight is 458 g/mol. The topological polar surface area (TPSA) is 112 Å². The summed E-state index contributed by atoms with van der Waals surface area (Å²) in [5.74, 6) is -0.586. The van der Waals surface area contributed by atoms with Crippen molar-refractivity contribution >= 4 is 17.7 Å². The lowest BCUT2D eigenvalue weighted by molar-refractivity contribution is -0.116. The van der Waals surface area contributed by atoms with E-state index in [1.165, 1.54) is 30.1 Å². The second-order valence-electron chi connectivity index (χ2n) is 7.83. The van der Waals surface area contributed by atoms with Crippen LogP contribution in [0.2, 0.25) is 0 Å². The number of benzene rings is 2. The molecule has 0 saturated heterocycles. The lowest BCUT2D eigenvalue weighted by Crippen LogP contribution is -2.25. The van der Waals surface area contributed by atoms with E-state index in [1.54, 1.807) is 24.3 Å². The number of aryl methyl sites for hydroxylation is 1. The van der Waals surface area contributed by atoms with E-state index in [4.69, 9.17) is 4.74 Å². The molecule has 1 unspecified atom stereocenters. The van der Waals surface area contributed by atoms with Crippen molar-refractivity contribution in [3.8, 4) is 17.2 Å². The quantitative estimate of drug-likeness (QED) is 0.466. The molecule has 9 nitrogen and oxygen atoms in total. The number of amides is 1. The fourth-order valence-electron chi connectivity index (χ4n) is 4.09. The van der Waals surface area contributed by atoms with E-state index in [2.05, 4.69) is 25.6 Å². The zero-order valence-electron chi connectivity index (χ0n) is 18.3. The molecule has 10 heteroatoms. The Morgan fingerprint density at radius 3 is 2.59 bits per heavy atom. The zero-order valence-corrected chi connectivity index (χ0v) is 18.3. The molecule has 2 aromatic heterocycles. The first-order valence-electron chi connectivity index (χ1n) is 10.5. The summed E-state index contributed by atoms with van der Waals surface area (Å²) < 4.78 is 19.5. The average Bonchev–Trinajstić information content (AvgIpc) is 3.19. The van der Waals surface area contributed by atoms with Crippen LogP contribution in [0.4, 0.5) is 10.2 Å². The Balaban J connectivity index is 1.56. The van der Waals surface area contributed by atoms with Gasteiger partial charge in [-0.15, -0.1) is 5.10 Å². The Morgan fingerprint density at radius 2 is 1.88 bits per heavy atom. The fraction of sp³-hybridized carbons (Fsp3) is 0.167. The summed E-state index contributed by atoms with van der Waals surface area (Å²) in [7, 11) is 1.33. The lowest BCUT2D eigenvalue weighted by Gasteiger charge is -2.24. The number of hydrogen-bond donors (Lipinski definition) is 1. The third-order valence-electron chi connectivity index (χ3n) is 5.71. The number of carbonyl (C=O) groups is 2. The SMILES string of the molecule is COC(=O)c1ccc(C2CC(=O)Nc3c2c(C)nn3-c2nncc(-c3ccc(F)cc3)n2)cc1. The van der Waals surface area contributed by atoms with Gasteiger partial charge in [0.25, 0.3) is 5.95 Å². The lowest BCUT2D eigenvalue weighted by atomic mass is 9.85. The normalized spacial score (nSPS) is 14.9. The van der Waals surface area contributed by atoms with Gasteiger partial charge in [0.15, 0.2) is 0 Å². The minimum absolute atomic E-state index is 0.174. The van der Waals surface area contributed by atoms with Crippen LogP contribution >= 0.6 is 0 Å². The molecule has 170 valence electrons. The van der Waals surface area contributed by atoms with Gasteiger partial charge in [-0.3, -0.25) is 4.79 Å². The highest BCUT2D eigenvalue weighted by molar-refractivity contribution is 5.95. The number of esters is 1. The van der Waals surface area contributed by atoms with Crippen molar-refractivity contribution in [1.29, 1.82) is 0 Å². The standard InChI is InChI=1S/C24H19FN6O3/c1-13-21-18(14-3-5-16(6-4-14)23(33)34-2)11-20(32)28-22(21)31(30-13)24-27-19(12-26-29-24)15-7-9-17(25)10-8-15/h3-10,12,18H,11H2,1-2H3,(H,28,32). The summed E-state index contributed by atoms with van der Waals surface area (Å²) in [4.78, 5) is 28.9. The Labute approximate surface area is 193 Å². The molecule has 1 aliphatic rings. The first kappa shape index (κ1) is 21.4. The van der Waals surface area contributed by atoms with Gasteiger partial charge in [0.2, 0.25) is 5.91 Å². The number of carbonyl (C=O) groups excluding carboxylic acids is 2. The van der Waals surface area contributed by atoms with Crippen molar-refractivity contribution < 1.29 is 18.7 Å². The molecule has 3 heterocycles.